The molecule has 1 aromatic heterocycles. The van der Waals surface area contributed by atoms with E-state index < -0.39 is 10.0 Å². The standard InChI is InChI=1S/C24H22N4O3S2/c1-27-16-15-25-24(27)32-21-13-11-19(12-14-21)26-23(29)18-7-6-10-22(17-18)33(30,31)28(2)20-8-4-3-5-9-20/h3-17H,1-2H3,(H,26,29). The summed E-state index contributed by atoms with van der Waals surface area (Å²) in [6.45, 7) is 0. The van der Waals surface area contributed by atoms with E-state index in [1.54, 1.807) is 54.7 Å². The summed E-state index contributed by atoms with van der Waals surface area (Å²) < 4.78 is 29.2. The number of carbonyl (C=O) groups excluding carboxylic acids is 1. The molecular formula is C24H22N4O3S2. The predicted molar refractivity (Wildman–Crippen MR) is 130 cm³/mol. The molecular weight excluding hydrogens is 456 g/mol. The van der Waals surface area contributed by atoms with Crippen LogP contribution < -0.4 is 9.62 Å². The maximum absolute atomic E-state index is 13.0. The molecule has 1 amide bonds. The first kappa shape index (κ1) is 22.6. The van der Waals surface area contributed by atoms with Crippen LogP contribution in [0, 0.1) is 0 Å². The molecule has 0 aliphatic carbocycles. The first-order valence-electron chi connectivity index (χ1n) is 10.1. The van der Waals surface area contributed by atoms with Crippen LogP contribution in [0.3, 0.4) is 0 Å². The highest BCUT2D eigenvalue weighted by Crippen LogP contribution is 2.27. The molecule has 0 unspecified atom stereocenters. The van der Waals surface area contributed by atoms with Crippen molar-refractivity contribution < 1.29 is 13.2 Å². The number of sulfonamides is 1. The van der Waals surface area contributed by atoms with Gasteiger partial charge in [-0.1, -0.05) is 36.0 Å². The quantitative estimate of drug-likeness (QED) is 0.418. The van der Waals surface area contributed by atoms with Gasteiger partial charge in [0, 0.05) is 42.6 Å². The zero-order chi connectivity index (χ0) is 23.4. The number of aromatic nitrogens is 2. The first-order chi connectivity index (χ1) is 15.8. The van der Waals surface area contributed by atoms with E-state index >= 15 is 0 Å². The molecule has 0 spiro atoms. The van der Waals surface area contributed by atoms with Crippen molar-refractivity contribution in [3.63, 3.8) is 0 Å². The molecule has 4 rings (SSSR count). The van der Waals surface area contributed by atoms with Gasteiger partial charge in [0.05, 0.1) is 10.6 Å². The molecule has 1 N–H and O–H groups in total. The van der Waals surface area contributed by atoms with Crippen molar-refractivity contribution in [3.8, 4) is 0 Å². The van der Waals surface area contributed by atoms with Crippen LogP contribution in [0.5, 0.6) is 0 Å². The molecule has 0 saturated carbocycles. The van der Waals surface area contributed by atoms with Crippen molar-refractivity contribution >= 4 is 39.1 Å². The van der Waals surface area contributed by atoms with Crippen molar-refractivity contribution in [1.29, 1.82) is 0 Å². The maximum Gasteiger partial charge on any atom is 0.264 e. The van der Waals surface area contributed by atoms with Crippen LogP contribution in [0.4, 0.5) is 11.4 Å². The Balaban J connectivity index is 1.48. The summed E-state index contributed by atoms with van der Waals surface area (Å²) >= 11 is 1.52. The smallest absolute Gasteiger partial charge is 0.264 e. The number of hydrogen-bond acceptors (Lipinski definition) is 5. The summed E-state index contributed by atoms with van der Waals surface area (Å²) in [5.74, 6) is -0.390. The Morgan fingerprint density at radius 3 is 2.39 bits per heavy atom. The molecule has 168 valence electrons. The summed E-state index contributed by atoms with van der Waals surface area (Å²) in [4.78, 5) is 18.1. The molecule has 4 aromatic rings. The van der Waals surface area contributed by atoms with E-state index in [0.717, 1.165) is 10.1 Å². The minimum absolute atomic E-state index is 0.0447. The molecule has 0 radical (unpaired) electrons. The highest BCUT2D eigenvalue weighted by molar-refractivity contribution is 7.99. The van der Waals surface area contributed by atoms with Gasteiger partial charge in [-0.05, 0) is 54.6 Å². The number of anilines is 2. The Kier molecular flexibility index (Phi) is 6.52. The maximum atomic E-state index is 13.0. The molecule has 0 saturated heterocycles. The topological polar surface area (TPSA) is 84.3 Å². The molecule has 0 fully saturated rings. The fourth-order valence-electron chi connectivity index (χ4n) is 3.10. The molecule has 9 heteroatoms. The minimum atomic E-state index is -3.81. The van der Waals surface area contributed by atoms with E-state index in [9.17, 15) is 13.2 Å². The number of nitrogens with one attached hydrogen (secondary N) is 1. The van der Waals surface area contributed by atoms with Crippen LogP contribution in [-0.4, -0.2) is 30.9 Å². The third kappa shape index (κ3) is 5.10. The van der Waals surface area contributed by atoms with Crippen molar-refractivity contribution in [1.82, 2.24) is 9.55 Å². The van der Waals surface area contributed by atoms with Crippen LogP contribution in [0.2, 0.25) is 0 Å². The van der Waals surface area contributed by atoms with Gasteiger partial charge in [0.25, 0.3) is 15.9 Å². The Morgan fingerprint density at radius 1 is 1.00 bits per heavy atom. The van der Waals surface area contributed by atoms with Crippen molar-refractivity contribution in [2.24, 2.45) is 7.05 Å². The zero-order valence-electron chi connectivity index (χ0n) is 18.0. The van der Waals surface area contributed by atoms with Crippen LogP contribution in [0.15, 0.2) is 106 Å². The second-order valence-corrected chi connectivity index (χ2v) is 10.2. The second-order valence-electron chi connectivity index (χ2n) is 7.24. The van der Waals surface area contributed by atoms with Crippen molar-refractivity contribution in [2.45, 2.75) is 14.9 Å². The molecule has 33 heavy (non-hydrogen) atoms. The Morgan fingerprint density at radius 2 is 1.73 bits per heavy atom. The fraction of sp³-hybridized carbons (Fsp3) is 0.0833. The van der Waals surface area contributed by atoms with E-state index in [4.69, 9.17) is 0 Å². The number of imidazole rings is 1. The Bertz CT molecular complexity index is 1370. The van der Waals surface area contributed by atoms with Gasteiger partial charge in [-0.3, -0.25) is 9.10 Å². The number of benzene rings is 3. The summed E-state index contributed by atoms with van der Waals surface area (Å²) in [6, 6.07) is 22.2. The van der Waals surface area contributed by atoms with E-state index in [2.05, 4.69) is 10.3 Å². The van der Waals surface area contributed by atoms with Gasteiger partial charge in [0.1, 0.15) is 0 Å². The summed E-state index contributed by atoms with van der Waals surface area (Å²) in [7, 11) is -0.398. The molecule has 7 nitrogen and oxygen atoms in total. The molecule has 3 aromatic carbocycles. The average Bonchev–Trinajstić information content (AvgIpc) is 3.24. The normalized spacial score (nSPS) is 11.2. The van der Waals surface area contributed by atoms with Gasteiger partial charge in [-0.2, -0.15) is 0 Å². The number of amides is 1. The van der Waals surface area contributed by atoms with Gasteiger partial charge < -0.3 is 9.88 Å². The Hall–Kier alpha value is -3.56. The number of para-hydroxylation sites is 1. The van der Waals surface area contributed by atoms with E-state index in [1.807, 2.05) is 36.0 Å². The Labute approximate surface area is 197 Å². The third-order valence-electron chi connectivity index (χ3n) is 4.97. The zero-order valence-corrected chi connectivity index (χ0v) is 19.7. The number of hydrogen-bond donors (Lipinski definition) is 1. The van der Waals surface area contributed by atoms with E-state index in [0.29, 0.717) is 11.4 Å². The molecule has 1 heterocycles. The second kappa shape index (κ2) is 9.51. The van der Waals surface area contributed by atoms with Gasteiger partial charge in [-0.15, -0.1) is 0 Å². The highest BCUT2D eigenvalue weighted by Gasteiger charge is 2.22. The largest absolute Gasteiger partial charge is 0.329 e. The number of rotatable bonds is 7. The van der Waals surface area contributed by atoms with Gasteiger partial charge in [-0.25, -0.2) is 13.4 Å². The molecule has 0 aliphatic rings. The minimum Gasteiger partial charge on any atom is -0.329 e. The lowest BCUT2D eigenvalue weighted by molar-refractivity contribution is 0.102. The van der Waals surface area contributed by atoms with E-state index in [1.165, 1.54) is 35.2 Å². The van der Waals surface area contributed by atoms with Gasteiger partial charge in [0.2, 0.25) is 0 Å². The van der Waals surface area contributed by atoms with Crippen LogP contribution >= 0.6 is 11.8 Å². The molecule has 0 bridgehead atoms. The lowest BCUT2D eigenvalue weighted by atomic mass is 10.2. The lowest BCUT2D eigenvalue weighted by Crippen LogP contribution is -2.26. The monoisotopic (exact) mass is 478 g/mol. The van der Waals surface area contributed by atoms with Crippen LogP contribution in [0.1, 0.15) is 10.4 Å². The summed E-state index contributed by atoms with van der Waals surface area (Å²) in [5, 5.41) is 3.68. The molecule has 0 atom stereocenters. The van der Waals surface area contributed by atoms with Gasteiger partial charge in [0.15, 0.2) is 5.16 Å². The fourth-order valence-corrected chi connectivity index (χ4v) is 5.14. The summed E-state index contributed by atoms with van der Waals surface area (Å²) in [6.07, 6.45) is 3.62. The number of nitrogens with zero attached hydrogens (tertiary/aromatic N) is 3. The van der Waals surface area contributed by atoms with Crippen LogP contribution in [-0.2, 0) is 17.1 Å². The van der Waals surface area contributed by atoms with Crippen LogP contribution in [0.25, 0.3) is 0 Å². The average molecular weight is 479 g/mol. The van der Waals surface area contributed by atoms with Crippen molar-refractivity contribution in [2.75, 3.05) is 16.7 Å². The van der Waals surface area contributed by atoms with Gasteiger partial charge >= 0.3 is 0 Å². The SMILES string of the molecule is CN(c1ccccc1)S(=O)(=O)c1cccc(C(=O)Nc2ccc(Sc3nccn3C)cc2)c1. The number of carbonyl (C=O) groups is 1. The predicted octanol–water partition coefficient (Wildman–Crippen LogP) is 4.65. The first-order valence-corrected chi connectivity index (χ1v) is 12.3. The summed E-state index contributed by atoms with van der Waals surface area (Å²) in [5.41, 5.74) is 1.40. The van der Waals surface area contributed by atoms with E-state index in [-0.39, 0.29) is 16.4 Å². The molecule has 0 aliphatic heterocycles. The number of aryl methyl sites for hydroxylation is 1. The van der Waals surface area contributed by atoms with Crippen molar-refractivity contribution in [3.05, 3.63) is 96.8 Å². The lowest BCUT2D eigenvalue weighted by Gasteiger charge is -2.19. The third-order valence-corrected chi connectivity index (χ3v) is 7.84. The highest BCUT2D eigenvalue weighted by atomic mass is 32.2.